The van der Waals surface area contributed by atoms with Crippen LogP contribution in [-0.2, 0) is 0 Å². The van der Waals surface area contributed by atoms with Gasteiger partial charge in [0.15, 0.2) is 0 Å². The normalized spacial score (nSPS) is 11.8. The van der Waals surface area contributed by atoms with Crippen molar-refractivity contribution in [3.8, 4) is 0 Å². The lowest BCUT2D eigenvalue weighted by Crippen LogP contribution is -2.04. The van der Waals surface area contributed by atoms with E-state index in [4.69, 9.17) is 0 Å². The molecule has 0 heterocycles. The maximum atomic E-state index is 2.36. The van der Waals surface area contributed by atoms with E-state index in [0.717, 1.165) is 0 Å². The highest BCUT2D eigenvalue weighted by atomic mass is 14.2. The van der Waals surface area contributed by atoms with Gasteiger partial charge in [-0.25, -0.2) is 0 Å². The number of rotatable bonds is 8. The van der Waals surface area contributed by atoms with Crippen LogP contribution in [0.15, 0.2) is 218 Å². The molecule has 0 unspecified atom stereocenters. The molecule has 0 spiro atoms. The quantitative estimate of drug-likeness (QED) is 0.109. The molecule has 0 atom stereocenters. The Morgan fingerprint density at radius 3 is 0.714 bits per heavy atom. The van der Waals surface area contributed by atoms with Crippen molar-refractivity contribution >= 4 is 55.2 Å². The lowest BCUT2D eigenvalue weighted by Gasteiger charge is -2.20. The Bertz CT molecular complexity index is 2650. The van der Waals surface area contributed by atoms with E-state index >= 15 is 0 Å². The van der Waals surface area contributed by atoms with Crippen molar-refractivity contribution in [3.05, 3.63) is 263 Å². The average Bonchev–Trinajstić information content (AvgIpc) is 3.26. The summed E-state index contributed by atoms with van der Waals surface area (Å²) in [4.78, 5) is 0. The molecule has 264 valence electrons. The van der Waals surface area contributed by atoms with Crippen LogP contribution in [0.5, 0.6) is 0 Å². The second-order valence-electron chi connectivity index (χ2n) is 15.0. The first kappa shape index (κ1) is 33.5. The predicted octanol–water partition coefficient (Wildman–Crippen LogP) is 14.8. The molecule has 10 aromatic rings. The largest absolute Gasteiger partial charge is 0.0616 e. The monoisotopic (exact) mass is 712 g/mol. The zero-order valence-electron chi connectivity index (χ0n) is 31.1. The summed E-state index contributed by atoms with van der Waals surface area (Å²) in [5.41, 5.74) is 10.1. The molecule has 10 aromatic carbocycles. The predicted molar refractivity (Wildman–Crippen MR) is 239 cm³/mol. The van der Waals surface area contributed by atoms with E-state index in [1.54, 1.807) is 0 Å². The Hall–Kier alpha value is -7.02. The Kier molecular flexibility index (Phi) is 8.78. The maximum absolute atomic E-state index is 2.36. The highest BCUT2D eigenvalue weighted by molar-refractivity contribution is 5.87. The molecule has 0 N–H and O–H groups in total. The first-order valence-corrected chi connectivity index (χ1v) is 19.5. The van der Waals surface area contributed by atoms with Gasteiger partial charge in [-0.3, -0.25) is 0 Å². The third kappa shape index (κ3) is 6.68. The van der Waals surface area contributed by atoms with E-state index in [9.17, 15) is 0 Å². The lowest BCUT2D eigenvalue weighted by molar-refractivity contribution is 0.982. The van der Waals surface area contributed by atoms with Gasteiger partial charge in [-0.15, -0.1) is 0 Å². The van der Waals surface area contributed by atoms with Crippen LogP contribution >= 0.6 is 0 Å². The zero-order chi connectivity index (χ0) is 37.3. The van der Waals surface area contributed by atoms with Crippen molar-refractivity contribution in [2.75, 3.05) is 0 Å². The molecular weight excluding hydrogens is 673 g/mol. The van der Waals surface area contributed by atoms with Crippen LogP contribution < -0.4 is 0 Å². The molecular formula is C56H40. The van der Waals surface area contributed by atoms with E-state index in [1.165, 1.54) is 87.6 Å². The van der Waals surface area contributed by atoms with Crippen LogP contribution in [0.1, 0.15) is 56.3 Å². The van der Waals surface area contributed by atoms with Crippen molar-refractivity contribution in [2.24, 2.45) is 0 Å². The molecule has 10 rings (SSSR count). The number of hydrogen-bond acceptors (Lipinski definition) is 0. The third-order valence-corrected chi connectivity index (χ3v) is 11.4. The van der Waals surface area contributed by atoms with Crippen molar-refractivity contribution in [3.63, 3.8) is 0 Å². The van der Waals surface area contributed by atoms with Gasteiger partial charge in [-0.2, -0.15) is 0 Å². The minimum Gasteiger partial charge on any atom is -0.0616 e. The Labute approximate surface area is 328 Å². The Morgan fingerprint density at radius 1 is 0.214 bits per heavy atom. The van der Waals surface area contributed by atoms with Crippen molar-refractivity contribution in [1.29, 1.82) is 0 Å². The molecule has 0 fully saturated rings. The van der Waals surface area contributed by atoms with E-state index in [1.807, 2.05) is 0 Å². The van der Waals surface area contributed by atoms with Crippen LogP contribution in [0.4, 0.5) is 0 Å². The van der Waals surface area contributed by atoms with Crippen LogP contribution in [0.2, 0.25) is 0 Å². The second-order valence-corrected chi connectivity index (χ2v) is 15.0. The van der Waals surface area contributed by atoms with Gasteiger partial charge in [0, 0.05) is 11.8 Å². The summed E-state index contributed by atoms with van der Waals surface area (Å²) >= 11 is 0. The summed E-state index contributed by atoms with van der Waals surface area (Å²) in [5.74, 6) is 0.237. The first-order chi connectivity index (χ1) is 27.7. The van der Waals surface area contributed by atoms with Crippen LogP contribution in [-0.4, -0.2) is 0 Å². The maximum Gasteiger partial charge on any atom is 0.0340 e. The molecule has 0 aliphatic rings. The minimum atomic E-state index is 0.118. The van der Waals surface area contributed by atoms with E-state index in [2.05, 4.69) is 231 Å². The number of hydrogen-bond donors (Lipinski definition) is 0. The molecule has 0 nitrogen and oxygen atoms in total. The molecule has 0 aromatic heterocycles. The van der Waals surface area contributed by atoms with Crippen molar-refractivity contribution in [1.82, 2.24) is 0 Å². The summed E-state index contributed by atoms with van der Waals surface area (Å²) in [6, 6.07) is 80.4. The van der Waals surface area contributed by atoms with Gasteiger partial charge in [-0.05, 0) is 87.6 Å². The topological polar surface area (TPSA) is 0 Å². The summed E-state index contributed by atoms with van der Waals surface area (Å²) in [6.45, 7) is 0. The fourth-order valence-electron chi connectivity index (χ4n) is 8.50. The summed E-state index contributed by atoms with van der Waals surface area (Å²) in [6.07, 6.45) is 4.45. The Morgan fingerprint density at radius 2 is 0.446 bits per heavy atom. The Balaban J connectivity index is 0.953. The molecule has 0 aliphatic carbocycles. The first-order valence-electron chi connectivity index (χ1n) is 19.5. The van der Waals surface area contributed by atoms with Crippen molar-refractivity contribution in [2.45, 2.75) is 11.8 Å². The van der Waals surface area contributed by atoms with E-state index in [0.29, 0.717) is 0 Å². The molecule has 0 radical (unpaired) electrons. The smallest absolute Gasteiger partial charge is 0.0340 e. The van der Waals surface area contributed by atoms with Gasteiger partial charge >= 0.3 is 0 Å². The summed E-state index contributed by atoms with van der Waals surface area (Å²) in [5, 5.41) is 10.1. The molecule has 0 bridgehead atoms. The van der Waals surface area contributed by atoms with E-state index < -0.39 is 0 Å². The SMILES string of the molecule is C(=C\c1ccc(C(c2ccc3ccccc3c2)c2ccc3ccccc3c2)cc1)/c1ccc(C(c2ccc3ccccc3c2)c2ccc3ccccc3c2)cc1. The van der Waals surface area contributed by atoms with Crippen molar-refractivity contribution < 1.29 is 0 Å². The van der Waals surface area contributed by atoms with Gasteiger partial charge in [0.25, 0.3) is 0 Å². The van der Waals surface area contributed by atoms with Crippen LogP contribution in [0.25, 0.3) is 55.2 Å². The minimum absolute atomic E-state index is 0.118. The fraction of sp³-hybridized carbons (Fsp3) is 0.0357. The third-order valence-electron chi connectivity index (χ3n) is 11.4. The average molecular weight is 713 g/mol. The zero-order valence-corrected chi connectivity index (χ0v) is 31.1. The van der Waals surface area contributed by atoms with Gasteiger partial charge in [0.1, 0.15) is 0 Å². The standard InChI is InChI=1S/C56H40/c1-5-13-47-35-51(31-27-41(47)9-1)55(52-32-28-42-10-2-6-14-48(42)36-52)45-23-19-39(20-24-45)17-18-40-21-25-46(26-22-40)56(53-33-29-43-11-3-7-15-49(43)37-53)54-34-30-44-12-4-8-16-50(44)38-54/h1-38,55-56H/b18-17+. The second kappa shape index (κ2) is 14.7. The fourth-order valence-corrected chi connectivity index (χ4v) is 8.50. The molecule has 0 heteroatoms. The lowest BCUT2D eigenvalue weighted by atomic mass is 9.83. The highest BCUT2D eigenvalue weighted by Gasteiger charge is 2.19. The van der Waals surface area contributed by atoms with E-state index in [-0.39, 0.29) is 11.8 Å². The van der Waals surface area contributed by atoms with Gasteiger partial charge in [0.2, 0.25) is 0 Å². The highest BCUT2D eigenvalue weighted by Crippen LogP contribution is 2.37. The molecule has 0 amide bonds. The molecule has 0 saturated heterocycles. The molecule has 56 heavy (non-hydrogen) atoms. The van der Waals surface area contributed by atoms with Crippen LogP contribution in [0, 0.1) is 0 Å². The summed E-state index contributed by atoms with van der Waals surface area (Å²) < 4.78 is 0. The van der Waals surface area contributed by atoms with Gasteiger partial charge in [-0.1, -0.05) is 231 Å². The van der Waals surface area contributed by atoms with Gasteiger partial charge in [0.05, 0.1) is 0 Å². The molecule has 0 aliphatic heterocycles. The van der Waals surface area contributed by atoms with Gasteiger partial charge < -0.3 is 0 Å². The van der Waals surface area contributed by atoms with Crippen LogP contribution in [0.3, 0.4) is 0 Å². The number of benzene rings is 10. The summed E-state index contributed by atoms with van der Waals surface area (Å²) in [7, 11) is 0. The molecule has 0 saturated carbocycles. The number of fused-ring (bicyclic) bond motifs is 4.